The van der Waals surface area contributed by atoms with Crippen LogP contribution in [0.15, 0.2) is 63.3 Å². The van der Waals surface area contributed by atoms with E-state index in [-0.39, 0.29) is 17.7 Å². The Bertz CT molecular complexity index is 965. The molecule has 1 N–H and O–H groups in total. The van der Waals surface area contributed by atoms with E-state index in [4.69, 9.17) is 9.15 Å². The van der Waals surface area contributed by atoms with Crippen LogP contribution in [0.25, 0.3) is 0 Å². The van der Waals surface area contributed by atoms with Crippen LogP contribution in [0.2, 0.25) is 0 Å². The average molecular weight is 421 g/mol. The molecular weight excluding hydrogens is 399 g/mol. The number of nitrogens with zero attached hydrogens (tertiary/aromatic N) is 2. The van der Waals surface area contributed by atoms with E-state index < -0.39 is 23.8 Å². The maximum absolute atomic E-state index is 13.2. The van der Waals surface area contributed by atoms with Gasteiger partial charge in [-0.3, -0.25) is 0 Å². The molecule has 1 atom stereocenters. The molecule has 0 amide bonds. The van der Waals surface area contributed by atoms with Crippen molar-refractivity contribution >= 4 is 11.9 Å². The van der Waals surface area contributed by atoms with E-state index in [1.807, 2.05) is 6.92 Å². The smallest absolute Gasteiger partial charge is 0.416 e. The number of rotatable bonds is 5. The molecule has 3 rings (SSSR count). The number of furan rings is 1. The lowest BCUT2D eigenvalue weighted by Crippen LogP contribution is -2.49. The van der Waals surface area contributed by atoms with Crippen LogP contribution in [-0.2, 0) is 22.3 Å². The molecule has 0 saturated carbocycles. The Kier molecular flexibility index (Phi) is 6.19. The zero-order valence-corrected chi connectivity index (χ0v) is 16.8. The van der Waals surface area contributed by atoms with Crippen LogP contribution < -0.4 is 5.32 Å². The summed E-state index contributed by atoms with van der Waals surface area (Å²) in [4.78, 5) is 18.8. The van der Waals surface area contributed by atoms with Crippen LogP contribution in [0.3, 0.4) is 0 Å². The fourth-order valence-corrected chi connectivity index (χ4v) is 3.39. The SMILES string of the molecule is CCN1C(=NCc2ccco2)N[C@@H](c2cccc(C(F)(F)F)c2)C(C(=O)OC)=C1C. The van der Waals surface area contributed by atoms with Gasteiger partial charge in [0.1, 0.15) is 12.3 Å². The number of carbonyl (C=O) groups is 1. The summed E-state index contributed by atoms with van der Waals surface area (Å²) >= 11 is 0. The summed E-state index contributed by atoms with van der Waals surface area (Å²) in [5.41, 5.74) is 0.279. The summed E-state index contributed by atoms with van der Waals surface area (Å²) in [5.74, 6) is 0.448. The predicted molar refractivity (Wildman–Crippen MR) is 104 cm³/mol. The molecular formula is C21H22F3N3O3. The highest BCUT2D eigenvalue weighted by Gasteiger charge is 2.36. The Hall–Kier alpha value is -3.23. The number of halogens is 3. The molecule has 0 unspecified atom stereocenters. The molecule has 1 aliphatic rings. The van der Waals surface area contributed by atoms with Crippen molar-refractivity contribution in [3.05, 3.63) is 70.8 Å². The molecule has 0 aliphatic carbocycles. The fourth-order valence-electron chi connectivity index (χ4n) is 3.39. The van der Waals surface area contributed by atoms with Gasteiger partial charge < -0.3 is 19.4 Å². The molecule has 1 aromatic carbocycles. The Morgan fingerprint density at radius 2 is 2.07 bits per heavy atom. The number of esters is 1. The van der Waals surface area contributed by atoms with Gasteiger partial charge in [0.15, 0.2) is 5.96 Å². The topological polar surface area (TPSA) is 67.1 Å². The number of carbonyl (C=O) groups excluding carboxylic acids is 1. The minimum absolute atomic E-state index is 0.232. The van der Waals surface area contributed by atoms with Crippen LogP contribution in [0.1, 0.15) is 36.8 Å². The van der Waals surface area contributed by atoms with Gasteiger partial charge in [-0.2, -0.15) is 13.2 Å². The Morgan fingerprint density at radius 3 is 2.67 bits per heavy atom. The number of guanidine groups is 1. The van der Waals surface area contributed by atoms with Gasteiger partial charge in [0, 0.05) is 12.2 Å². The van der Waals surface area contributed by atoms with Gasteiger partial charge in [-0.05, 0) is 43.7 Å². The molecule has 6 nitrogen and oxygen atoms in total. The quantitative estimate of drug-likeness (QED) is 0.731. The van der Waals surface area contributed by atoms with E-state index in [9.17, 15) is 18.0 Å². The number of nitrogens with one attached hydrogen (secondary N) is 1. The minimum Gasteiger partial charge on any atom is -0.467 e. The van der Waals surface area contributed by atoms with Gasteiger partial charge >= 0.3 is 12.1 Å². The van der Waals surface area contributed by atoms with Gasteiger partial charge in [0.2, 0.25) is 0 Å². The third-order valence-corrected chi connectivity index (χ3v) is 4.85. The number of aliphatic imine (C=N–C) groups is 1. The summed E-state index contributed by atoms with van der Waals surface area (Å²) < 4.78 is 49.9. The summed E-state index contributed by atoms with van der Waals surface area (Å²) in [6, 6.07) is 7.54. The van der Waals surface area contributed by atoms with E-state index in [2.05, 4.69) is 10.3 Å². The second kappa shape index (κ2) is 8.64. The van der Waals surface area contributed by atoms with Gasteiger partial charge in [-0.25, -0.2) is 9.79 Å². The van der Waals surface area contributed by atoms with Gasteiger partial charge in [0.25, 0.3) is 0 Å². The lowest BCUT2D eigenvalue weighted by Gasteiger charge is -2.37. The largest absolute Gasteiger partial charge is 0.467 e. The Morgan fingerprint density at radius 1 is 1.30 bits per heavy atom. The zero-order chi connectivity index (χ0) is 21.9. The first-order valence-electron chi connectivity index (χ1n) is 9.33. The maximum atomic E-state index is 13.2. The maximum Gasteiger partial charge on any atom is 0.416 e. The number of benzene rings is 1. The molecule has 0 saturated heterocycles. The molecule has 0 radical (unpaired) electrons. The summed E-state index contributed by atoms with van der Waals surface area (Å²) in [7, 11) is 1.24. The van der Waals surface area contributed by atoms with Crippen LogP contribution in [0.4, 0.5) is 13.2 Å². The minimum atomic E-state index is -4.50. The van der Waals surface area contributed by atoms with Gasteiger partial charge in [-0.15, -0.1) is 0 Å². The van der Waals surface area contributed by atoms with Crippen molar-refractivity contribution < 1.29 is 27.1 Å². The first kappa shape index (κ1) is 21.5. The second-order valence-electron chi connectivity index (χ2n) is 6.65. The molecule has 2 aromatic rings. The fraction of sp³-hybridized carbons (Fsp3) is 0.333. The van der Waals surface area contributed by atoms with Crippen molar-refractivity contribution in [2.24, 2.45) is 4.99 Å². The highest BCUT2D eigenvalue weighted by molar-refractivity contribution is 5.96. The monoisotopic (exact) mass is 421 g/mol. The van der Waals surface area contributed by atoms with Crippen molar-refractivity contribution in [3.63, 3.8) is 0 Å². The van der Waals surface area contributed by atoms with Crippen LogP contribution >= 0.6 is 0 Å². The predicted octanol–water partition coefficient (Wildman–Crippen LogP) is 4.27. The van der Waals surface area contributed by atoms with E-state index >= 15 is 0 Å². The summed E-state index contributed by atoms with van der Waals surface area (Å²) in [6.45, 7) is 4.33. The van der Waals surface area contributed by atoms with E-state index in [1.54, 1.807) is 24.0 Å². The molecule has 0 spiro atoms. The summed E-state index contributed by atoms with van der Waals surface area (Å²) in [5, 5.41) is 3.12. The highest BCUT2D eigenvalue weighted by atomic mass is 19.4. The number of methoxy groups -OCH3 is 1. The lowest BCUT2D eigenvalue weighted by molar-refractivity contribution is -0.137. The average Bonchev–Trinajstić information content (AvgIpc) is 3.24. The molecule has 1 aromatic heterocycles. The standard InChI is InChI=1S/C21H22F3N3O3/c1-4-27-13(2)17(19(28)29-3)18(14-7-5-8-15(11-14)21(22,23)24)26-20(27)25-12-16-9-6-10-30-16/h5-11,18H,4,12H2,1-3H3,(H,25,26)/t18-/m0/s1. The lowest BCUT2D eigenvalue weighted by atomic mass is 9.93. The molecule has 9 heteroatoms. The molecule has 160 valence electrons. The first-order valence-corrected chi connectivity index (χ1v) is 9.33. The molecule has 30 heavy (non-hydrogen) atoms. The number of alkyl halides is 3. The zero-order valence-electron chi connectivity index (χ0n) is 16.8. The van der Waals surface area contributed by atoms with Crippen LogP contribution in [-0.4, -0.2) is 30.5 Å². The van der Waals surface area contributed by atoms with Crippen LogP contribution in [0, 0.1) is 0 Å². The van der Waals surface area contributed by atoms with E-state index in [0.717, 1.165) is 12.1 Å². The number of hydrogen-bond acceptors (Lipinski definition) is 4. The molecule has 2 heterocycles. The Labute approximate surface area is 172 Å². The molecule has 1 aliphatic heterocycles. The third kappa shape index (κ3) is 4.34. The van der Waals surface area contributed by atoms with Crippen molar-refractivity contribution in [3.8, 4) is 0 Å². The Balaban J connectivity index is 2.08. The van der Waals surface area contributed by atoms with Gasteiger partial charge in [-0.1, -0.05) is 12.1 Å². The van der Waals surface area contributed by atoms with Crippen molar-refractivity contribution in [2.45, 2.75) is 32.6 Å². The second-order valence-corrected chi connectivity index (χ2v) is 6.65. The number of allylic oxidation sites excluding steroid dienone is 1. The van der Waals surface area contributed by atoms with Crippen molar-refractivity contribution in [1.29, 1.82) is 0 Å². The first-order chi connectivity index (χ1) is 14.3. The van der Waals surface area contributed by atoms with Crippen molar-refractivity contribution in [1.82, 2.24) is 10.2 Å². The number of hydrogen-bond donors (Lipinski definition) is 1. The summed E-state index contributed by atoms with van der Waals surface area (Å²) in [6.07, 6.45) is -2.96. The van der Waals surface area contributed by atoms with Crippen molar-refractivity contribution in [2.75, 3.05) is 13.7 Å². The molecule has 0 fully saturated rings. The van der Waals surface area contributed by atoms with Gasteiger partial charge in [0.05, 0.1) is 30.6 Å². The van der Waals surface area contributed by atoms with Crippen LogP contribution in [0.5, 0.6) is 0 Å². The molecule has 0 bridgehead atoms. The van der Waals surface area contributed by atoms with E-state index in [0.29, 0.717) is 24.0 Å². The number of ether oxygens (including phenoxy) is 1. The van der Waals surface area contributed by atoms with E-state index in [1.165, 1.54) is 25.5 Å². The highest BCUT2D eigenvalue weighted by Crippen LogP contribution is 2.35. The normalized spacial score (nSPS) is 18.5. The third-order valence-electron chi connectivity index (χ3n) is 4.85.